The van der Waals surface area contributed by atoms with Crippen molar-refractivity contribution in [3.05, 3.63) is 34.9 Å². The van der Waals surface area contributed by atoms with Crippen LogP contribution in [0.5, 0.6) is 0 Å². The summed E-state index contributed by atoms with van der Waals surface area (Å²) < 4.78 is 5.63. The summed E-state index contributed by atoms with van der Waals surface area (Å²) in [6, 6.07) is 7.79. The molecule has 1 nitrogen and oxygen atoms in total. The lowest BCUT2D eigenvalue weighted by Gasteiger charge is -2.11. The van der Waals surface area contributed by atoms with Gasteiger partial charge in [0, 0.05) is 10.4 Å². The highest BCUT2D eigenvalue weighted by atomic mass is 79.9. The Labute approximate surface area is 105 Å². The normalized spacial score (nSPS) is 12.7. The molecule has 0 amide bonds. The highest BCUT2D eigenvalue weighted by Crippen LogP contribution is 2.13. The number of alkyl halides is 1. The van der Waals surface area contributed by atoms with E-state index in [1.807, 2.05) is 24.3 Å². The van der Waals surface area contributed by atoms with Gasteiger partial charge in [0.1, 0.15) is 0 Å². The Hall–Kier alpha value is -0.0500. The summed E-state index contributed by atoms with van der Waals surface area (Å²) in [4.78, 5) is 0. The topological polar surface area (TPSA) is 9.23 Å². The van der Waals surface area contributed by atoms with Crippen molar-refractivity contribution in [2.75, 3.05) is 11.9 Å². The van der Waals surface area contributed by atoms with Crippen molar-refractivity contribution >= 4 is 27.5 Å². The van der Waals surface area contributed by atoms with Crippen LogP contribution in [0.2, 0.25) is 5.02 Å². The first-order valence-electron chi connectivity index (χ1n) is 5.14. The van der Waals surface area contributed by atoms with Gasteiger partial charge >= 0.3 is 0 Å². The van der Waals surface area contributed by atoms with Gasteiger partial charge in [-0.3, -0.25) is 0 Å². The molecule has 1 unspecified atom stereocenters. The smallest absolute Gasteiger partial charge is 0.0717 e. The predicted octanol–water partition coefficient (Wildman–Crippen LogP) is 4.28. The van der Waals surface area contributed by atoms with Gasteiger partial charge in [0.25, 0.3) is 0 Å². The highest BCUT2D eigenvalue weighted by Gasteiger charge is 2.04. The average molecular weight is 292 g/mol. The predicted molar refractivity (Wildman–Crippen MR) is 68.7 cm³/mol. The van der Waals surface area contributed by atoms with E-state index in [1.165, 1.54) is 0 Å². The van der Waals surface area contributed by atoms with Gasteiger partial charge in [0.2, 0.25) is 0 Å². The average Bonchev–Trinajstić information content (AvgIpc) is 2.25. The van der Waals surface area contributed by atoms with Gasteiger partial charge < -0.3 is 4.74 Å². The minimum Gasteiger partial charge on any atom is -0.376 e. The molecule has 3 heteroatoms. The fraction of sp³-hybridized carbons (Fsp3) is 0.500. The molecule has 0 fully saturated rings. The number of hydrogen-bond acceptors (Lipinski definition) is 1. The molecule has 0 aliphatic carbocycles. The second-order valence-corrected chi connectivity index (χ2v) is 4.66. The van der Waals surface area contributed by atoms with Crippen molar-refractivity contribution in [3.8, 4) is 0 Å². The monoisotopic (exact) mass is 290 g/mol. The lowest BCUT2D eigenvalue weighted by Crippen LogP contribution is -2.09. The number of benzene rings is 1. The van der Waals surface area contributed by atoms with E-state index >= 15 is 0 Å². The molecule has 0 saturated heterocycles. The van der Waals surface area contributed by atoms with E-state index in [9.17, 15) is 0 Å². The van der Waals surface area contributed by atoms with Gasteiger partial charge in [0.05, 0.1) is 13.2 Å². The molecule has 84 valence electrons. The van der Waals surface area contributed by atoms with Crippen molar-refractivity contribution in [1.29, 1.82) is 0 Å². The van der Waals surface area contributed by atoms with Gasteiger partial charge in [-0.15, -0.1) is 0 Å². The second kappa shape index (κ2) is 7.26. The first-order valence-corrected chi connectivity index (χ1v) is 6.64. The summed E-state index contributed by atoms with van der Waals surface area (Å²) >= 11 is 9.35. The first kappa shape index (κ1) is 13.0. The van der Waals surface area contributed by atoms with Crippen LogP contribution in [0.15, 0.2) is 24.3 Å². The van der Waals surface area contributed by atoms with Crippen molar-refractivity contribution in [3.63, 3.8) is 0 Å². The first-order chi connectivity index (χ1) is 7.26. The summed E-state index contributed by atoms with van der Waals surface area (Å²) in [5.41, 5.74) is 1.13. The molecule has 1 atom stereocenters. The Morgan fingerprint density at radius 2 is 2.27 bits per heavy atom. The minimum absolute atomic E-state index is 0.601. The fourth-order valence-electron chi connectivity index (χ4n) is 1.24. The van der Waals surface area contributed by atoms with Crippen LogP contribution in [0, 0.1) is 5.92 Å². The van der Waals surface area contributed by atoms with E-state index in [1.54, 1.807) is 0 Å². The van der Waals surface area contributed by atoms with E-state index in [-0.39, 0.29) is 0 Å². The molecule has 0 aromatic heterocycles. The molecule has 0 N–H and O–H groups in total. The Balaban J connectivity index is 2.31. The molecular formula is C12H16BrClO. The van der Waals surface area contributed by atoms with Gasteiger partial charge in [-0.1, -0.05) is 53.0 Å². The molecule has 1 rings (SSSR count). The summed E-state index contributed by atoms with van der Waals surface area (Å²) in [6.45, 7) is 3.62. The van der Waals surface area contributed by atoms with Crippen LogP contribution in [0.1, 0.15) is 18.9 Å². The quantitative estimate of drug-likeness (QED) is 0.711. The third kappa shape index (κ3) is 5.01. The molecule has 1 aromatic carbocycles. The zero-order chi connectivity index (χ0) is 11.1. The molecule has 0 spiro atoms. The Morgan fingerprint density at radius 1 is 1.47 bits per heavy atom. The van der Waals surface area contributed by atoms with Crippen LogP contribution in [0.4, 0.5) is 0 Å². The van der Waals surface area contributed by atoms with E-state index in [0.29, 0.717) is 12.5 Å². The van der Waals surface area contributed by atoms with E-state index < -0.39 is 0 Å². The van der Waals surface area contributed by atoms with E-state index in [2.05, 4.69) is 22.9 Å². The maximum atomic E-state index is 5.88. The zero-order valence-electron chi connectivity index (χ0n) is 8.88. The fourth-order valence-corrected chi connectivity index (χ4v) is 2.10. The van der Waals surface area contributed by atoms with Crippen molar-refractivity contribution in [1.82, 2.24) is 0 Å². The van der Waals surface area contributed by atoms with Crippen LogP contribution in [-0.2, 0) is 11.3 Å². The lowest BCUT2D eigenvalue weighted by atomic mass is 10.1. The molecular weight excluding hydrogens is 275 g/mol. The summed E-state index contributed by atoms with van der Waals surface area (Å²) in [6.07, 6.45) is 1.14. The summed E-state index contributed by atoms with van der Waals surface area (Å²) in [5, 5.41) is 1.77. The zero-order valence-corrected chi connectivity index (χ0v) is 11.2. The van der Waals surface area contributed by atoms with Crippen LogP contribution in [-0.4, -0.2) is 11.9 Å². The maximum absolute atomic E-state index is 5.88. The molecule has 0 aliphatic rings. The summed E-state index contributed by atoms with van der Waals surface area (Å²) in [7, 11) is 0. The molecule has 0 bridgehead atoms. The van der Waals surface area contributed by atoms with Gasteiger partial charge in [-0.25, -0.2) is 0 Å². The van der Waals surface area contributed by atoms with Crippen LogP contribution < -0.4 is 0 Å². The largest absolute Gasteiger partial charge is 0.376 e. The van der Waals surface area contributed by atoms with Crippen LogP contribution in [0.3, 0.4) is 0 Å². The van der Waals surface area contributed by atoms with Crippen LogP contribution in [0.25, 0.3) is 0 Å². The molecule has 0 saturated carbocycles. The standard InChI is InChI=1S/C12H16BrClO/c1-2-10(7-13)8-15-9-11-4-3-5-12(14)6-11/h3-6,10H,2,7-9H2,1H3. The maximum Gasteiger partial charge on any atom is 0.0717 e. The number of hydrogen-bond donors (Lipinski definition) is 0. The van der Waals surface area contributed by atoms with Crippen molar-refractivity contribution in [2.24, 2.45) is 5.92 Å². The van der Waals surface area contributed by atoms with Crippen molar-refractivity contribution in [2.45, 2.75) is 20.0 Å². The number of ether oxygens (including phenoxy) is 1. The molecule has 0 heterocycles. The Kier molecular flexibility index (Phi) is 6.30. The third-order valence-electron chi connectivity index (χ3n) is 2.31. The highest BCUT2D eigenvalue weighted by molar-refractivity contribution is 9.09. The van der Waals surface area contributed by atoms with E-state index in [4.69, 9.17) is 16.3 Å². The molecule has 0 aliphatic heterocycles. The number of rotatable bonds is 6. The van der Waals surface area contributed by atoms with Crippen molar-refractivity contribution < 1.29 is 4.74 Å². The second-order valence-electron chi connectivity index (χ2n) is 3.57. The Bertz CT molecular complexity index is 287. The third-order valence-corrected chi connectivity index (χ3v) is 3.46. The molecule has 15 heavy (non-hydrogen) atoms. The summed E-state index contributed by atoms with van der Waals surface area (Å²) in [5.74, 6) is 0.601. The molecule has 1 aromatic rings. The van der Waals surface area contributed by atoms with Gasteiger partial charge in [-0.05, 0) is 23.6 Å². The van der Waals surface area contributed by atoms with Gasteiger partial charge in [-0.2, -0.15) is 0 Å². The van der Waals surface area contributed by atoms with Gasteiger partial charge in [0.15, 0.2) is 0 Å². The SMILES string of the molecule is CCC(CBr)COCc1cccc(Cl)c1. The molecule has 0 radical (unpaired) electrons. The Morgan fingerprint density at radius 3 is 2.87 bits per heavy atom. The number of halogens is 2. The minimum atomic E-state index is 0.601. The van der Waals surface area contributed by atoms with Crippen LogP contribution >= 0.6 is 27.5 Å². The lowest BCUT2D eigenvalue weighted by molar-refractivity contribution is 0.0927. The van der Waals surface area contributed by atoms with E-state index in [0.717, 1.165) is 28.9 Å².